The lowest BCUT2D eigenvalue weighted by molar-refractivity contribution is 0.163. The standard InChI is InChI=1S/C15H20ClFO/c1-18-9-8-11-2-4-12(5-3-11)13-6-7-14(16)15(17)10-13/h6-7,10-12H,2-5,8-9H2,1H3. The van der Waals surface area contributed by atoms with Gasteiger partial charge in [0.1, 0.15) is 5.82 Å². The van der Waals surface area contributed by atoms with Crippen molar-refractivity contribution in [3.8, 4) is 0 Å². The van der Waals surface area contributed by atoms with Gasteiger partial charge >= 0.3 is 0 Å². The van der Waals surface area contributed by atoms with Crippen molar-refractivity contribution in [1.29, 1.82) is 0 Å². The van der Waals surface area contributed by atoms with Crippen LogP contribution in [0.2, 0.25) is 5.02 Å². The number of rotatable bonds is 4. The Balaban J connectivity index is 1.90. The molecule has 1 nitrogen and oxygen atoms in total. The number of benzene rings is 1. The van der Waals surface area contributed by atoms with Crippen molar-refractivity contribution in [3.05, 3.63) is 34.6 Å². The van der Waals surface area contributed by atoms with Crippen molar-refractivity contribution in [3.63, 3.8) is 0 Å². The third-order valence-corrected chi connectivity index (χ3v) is 4.30. The summed E-state index contributed by atoms with van der Waals surface area (Å²) in [5.41, 5.74) is 1.10. The summed E-state index contributed by atoms with van der Waals surface area (Å²) in [5, 5.41) is 0.215. The molecule has 0 N–H and O–H groups in total. The highest BCUT2D eigenvalue weighted by molar-refractivity contribution is 6.30. The molecule has 0 spiro atoms. The average Bonchev–Trinajstić information content (AvgIpc) is 2.40. The van der Waals surface area contributed by atoms with E-state index >= 15 is 0 Å². The summed E-state index contributed by atoms with van der Waals surface area (Å²) < 4.78 is 18.5. The molecule has 2 rings (SSSR count). The first kappa shape index (κ1) is 13.8. The van der Waals surface area contributed by atoms with Gasteiger partial charge in [-0.2, -0.15) is 0 Å². The molecule has 0 saturated heterocycles. The molecule has 1 aromatic carbocycles. The molecule has 1 aliphatic rings. The molecule has 0 aliphatic heterocycles. The van der Waals surface area contributed by atoms with E-state index in [9.17, 15) is 4.39 Å². The van der Waals surface area contributed by atoms with Crippen LogP contribution in [-0.2, 0) is 4.74 Å². The molecule has 1 saturated carbocycles. The Hall–Kier alpha value is -0.600. The molecule has 0 amide bonds. The van der Waals surface area contributed by atoms with Gasteiger partial charge in [0.25, 0.3) is 0 Å². The van der Waals surface area contributed by atoms with Crippen LogP contribution < -0.4 is 0 Å². The lowest BCUT2D eigenvalue weighted by atomic mass is 9.78. The van der Waals surface area contributed by atoms with Gasteiger partial charge in [0.15, 0.2) is 0 Å². The summed E-state index contributed by atoms with van der Waals surface area (Å²) in [4.78, 5) is 0. The van der Waals surface area contributed by atoms with Crippen LogP contribution in [0.3, 0.4) is 0 Å². The summed E-state index contributed by atoms with van der Waals surface area (Å²) in [5.74, 6) is 0.976. The van der Waals surface area contributed by atoms with Gasteiger partial charge in [0.05, 0.1) is 5.02 Å². The van der Waals surface area contributed by atoms with Crippen molar-refractivity contribution < 1.29 is 9.13 Å². The van der Waals surface area contributed by atoms with Crippen molar-refractivity contribution >= 4 is 11.6 Å². The smallest absolute Gasteiger partial charge is 0.142 e. The predicted molar refractivity (Wildman–Crippen MR) is 72.6 cm³/mol. The van der Waals surface area contributed by atoms with Gasteiger partial charge < -0.3 is 4.74 Å². The van der Waals surface area contributed by atoms with E-state index in [0.717, 1.165) is 37.4 Å². The second-order valence-corrected chi connectivity index (χ2v) is 5.58. The van der Waals surface area contributed by atoms with Crippen LogP contribution in [0.25, 0.3) is 0 Å². The Kier molecular flexibility index (Phi) is 5.02. The highest BCUT2D eigenvalue weighted by Gasteiger charge is 2.22. The van der Waals surface area contributed by atoms with E-state index in [2.05, 4.69) is 0 Å². The van der Waals surface area contributed by atoms with Gasteiger partial charge in [-0.25, -0.2) is 4.39 Å². The molecule has 0 heterocycles. The highest BCUT2D eigenvalue weighted by Crippen LogP contribution is 2.37. The third-order valence-electron chi connectivity index (χ3n) is 3.99. The van der Waals surface area contributed by atoms with Gasteiger partial charge in [0, 0.05) is 13.7 Å². The quantitative estimate of drug-likeness (QED) is 0.764. The normalized spacial score (nSPS) is 24.2. The lowest BCUT2D eigenvalue weighted by Gasteiger charge is -2.28. The second kappa shape index (κ2) is 6.53. The maximum Gasteiger partial charge on any atom is 0.142 e. The lowest BCUT2D eigenvalue weighted by Crippen LogP contribution is -2.15. The van der Waals surface area contributed by atoms with E-state index in [1.165, 1.54) is 12.8 Å². The van der Waals surface area contributed by atoms with Crippen molar-refractivity contribution in [2.75, 3.05) is 13.7 Å². The van der Waals surface area contributed by atoms with Crippen LogP contribution in [0.4, 0.5) is 4.39 Å². The zero-order valence-corrected chi connectivity index (χ0v) is 11.5. The first-order valence-electron chi connectivity index (χ1n) is 6.64. The number of halogens is 2. The summed E-state index contributed by atoms with van der Waals surface area (Å²) >= 11 is 5.71. The van der Waals surface area contributed by atoms with Gasteiger partial charge in [-0.1, -0.05) is 17.7 Å². The van der Waals surface area contributed by atoms with E-state index in [-0.39, 0.29) is 10.8 Å². The molecule has 0 radical (unpaired) electrons. The van der Waals surface area contributed by atoms with Gasteiger partial charge in [-0.05, 0) is 61.6 Å². The molecule has 18 heavy (non-hydrogen) atoms. The molecular weight excluding hydrogens is 251 g/mol. The maximum atomic E-state index is 13.4. The summed E-state index contributed by atoms with van der Waals surface area (Å²) in [7, 11) is 1.75. The minimum Gasteiger partial charge on any atom is -0.385 e. The zero-order chi connectivity index (χ0) is 13.0. The van der Waals surface area contributed by atoms with Crippen LogP contribution in [0.5, 0.6) is 0 Å². The van der Waals surface area contributed by atoms with E-state index in [4.69, 9.17) is 16.3 Å². The Morgan fingerprint density at radius 1 is 1.28 bits per heavy atom. The van der Waals surface area contributed by atoms with Crippen molar-refractivity contribution in [2.45, 2.75) is 38.0 Å². The zero-order valence-electron chi connectivity index (χ0n) is 10.8. The molecule has 0 atom stereocenters. The number of hydrogen-bond acceptors (Lipinski definition) is 1. The summed E-state index contributed by atoms with van der Waals surface area (Å²) in [6.45, 7) is 0.852. The molecule has 1 aromatic rings. The molecule has 0 aromatic heterocycles. The monoisotopic (exact) mass is 270 g/mol. The van der Waals surface area contributed by atoms with Crippen molar-refractivity contribution in [2.24, 2.45) is 5.92 Å². The molecule has 0 bridgehead atoms. The number of methoxy groups -OCH3 is 1. The number of ether oxygens (including phenoxy) is 1. The van der Waals surface area contributed by atoms with Gasteiger partial charge in [-0.15, -0.1) is 0 Å². The highest BCUT2D eigenvalue weighted by atomic mass is 35.5. The third kappa shape index (κ3) is 3.46. The Morgan fingerprint density at radius 3 is 2.61 bits per heavy atom. The molecule has 0 unspecified atom stereocenters. The largest absolute Gasteiger partial charge is 0.385 e. The Morgan fingerprint density at radius 2 is 2.00 bits per heavy atom. The summed E-state index contributed by atoms with van der Waals surface area (Å²) in [6, 6.07) is 5.23. The van der Waals surface area contributed by atoms with Crippen LogP contribution in [0.15, 0.2) is 18.2 Å². The van der Waals surface area contributed by atoms with Gasteiger partial charge in [-0.3, -0.25) is 0 Å². The van der Waals surface area contributed by atoms with Gasteiger partial charge in [0.2, 0.25) is 0 Å². The maximum absolute atomic E-state index is 13.4. The minimum atomic E-state index is -0.296. The minimum absolute atomic E-state index is 0.215. The fraction of sp³-hybridized carbons (Fsp3) is 0.600. The van der Waals surface area contributed by atoms with Crippen molar-refractivity contribution in [1.82, 2.24) is 0 Å². The second-order valence-electron chi connectivity index (χ2n) is 5.17. The first-order valence-corrected chi connectivity index (χ1v) is 7.02. The average molecular weight is 271 g/mol. The van der Waals surface area contributed by atoms with Crippen LogP contribution in [0, 0.1) is 11.7 Å². The van der Waals surface area contributed by atoms with Crippen LogP contribution >= 0.6 is 11.6 Å². The molecule has 3 heteroatoms. The van der Waals surface area contributed by atoms with E-state index < -0.39 is 0 Å². The predicted octanol–water partition coefficient (Wildman–Crippen LogP) is 4.79. The molecule has 100 valence electrons. The van der Waals surface area contributed by atoms with Crippen LogP contribution in [-0.4, -0.2) is 13.7 Å². The van der Waals surface area contributed by atoms with E-state index in [1.54, 1.807) is 19.2 Å². The van der Waals surface area contributed by atoms with E-state index in [1.807, 2.05) is 6.07 Å². The fourth-order valence-electron chi connectivity index (χ4n) is 2.84. The fourth-order valence-corrected chi connectivity index (χ4v) is 2.95. The Bertz CT molecular complexity index is 386. The topological polar surface area (TPSA) is 9.23 Å². The Labute approximate surface area is 113 Å². The first-order chi connectivity index (χ1) is 8.70. The molecule has 1 fully saturated rings. The molecular formula is C15H20ClFO. The summed E-state index contributed by atoms with van der Waals surface area (Å²) in [6.07, 6.45) is 5.89. The number of hydrogen-bond donors (Lipinski definition) is 0. The molecule has 1 aliphatic carbocycles. The van der Waals surface area contributed by atoms with E-state index in [0.29, 0.717) is 5.92 Å². The SMILES string of the molecule is COCCC1CCC(c2ccc(Cl)c(F)c2)CC1. The van der Waals surface area contributed by atoms with Crippen LogP contribution in [0.1, 0.15) is 43.6 Å².